The molecule has 11 heteroatoms. The van der Waals surface area contributed by atoms with Crippen LogP contribution < -0.4 is 5.32 Å². The summed E-state index contributed by atoms with van der Waals surface area (Å²) in [5.74, 6) is -1.27. The fraction of sp³-hybridized carbons (Fsp3) is 0.634. The van der Waals surface area contributed by atoms with Crippen LogP contribution in [0.1, 0.15) is 226 Å². The van der Waals surface area contributed by atoms with Crippen molar-refractivity contribution in [1.82, 2.24) is 5.32 Å². The van der Waals surface area contributed by atoms with Gasteiger partial charge in [0, 0.05) is 6.42 Å². The number of nitrogens with one attached hydrogen (secondary N) is 1. The fourth-order valence-electron chi connectivity index (χ4n) is 8.98. The number of hydrogen-bond acceptors (Lipinski definition) is 10. The van der Waals surface area contributed by atoms with E-state index in [0.29, 0.717) is 19.3 Å². The molecule has 8 unspecified atom stereocenters. The first-order chi connectivity index (χ1) is 40.2. The van der Waals surface area contributed by atoms with Gasteiger partial charge in [-0.1, -0.05) is 244 Å². The van der Waals surface area contributed by atoms with E-state index in [1.54, 1.807) is 6.08 Å². The molecule has 0 aromatic rings. The molecule has 0 bridgehead atoms. The SMILES string of the molecule is CC/C=C\C/C=C\C/C=C\C/C=C\C/C=C\C/C=C\CCCC(O)C(=O)NC(COC1OC(CO)C(O)C(O)C1OC(=O)CCCCCCC/C=C\C/C=C\C/C=C\C/C=C\C/C=C\CC)C(O)/C=C/CCCCCCCCCCCC. The van der Waals surface area contributed by atoms with Crippen molar-refractivity contribution < 1.29 is 49.3 Å². The van der Waals surface area contributed by atoms with Gasteiger partial charge < -0.3 is 45.1 Å². The van der Waals surface area contributed by atoms with Crippen LogP contribution in [0.3, 0.4) is 0 Å². The number of unbranched alkanes of at least 4 members (excludes halogenated alkanes) is 16. The molecular formula is C71H115NO10. The van der Waals surface area contributed by atoms with E-state index in [2.05, 4.69) is 154 Å². The highest BCUT2D eigenvalue weighted by molar-refractivity contribution is 5.80. The summed E-state index contributed by atoms with van der Waals surface area (Å²) in [5, 5.41) is 57.0. The third-order valence-electron chi connectivity index (χ3n) is 14.0. The zero-order valence-corrected chi connectivity index (χ0v) is 51.3. The fourth-order valence-corrected chi connectivity index (χ4v) is 8.98. The highest BCUT2D eigenvalue weighted by Crippen LogP contribution is 2.26. The van der Waals surface area contributed by atoms with Crippen molar-refractivity contribution in [2.75, 3.05) is 13.2 Å². The summed E-state index contributed by atoms with van der Waals surface area (Å²) in [4.78, 5) is 26.6. The van der Waals surface area contributed by atoms with E-state index in [1.165, 1.54) is 44.9 Å². The van der Waals surface area contributed by atoms with E-state index in [-0.39, 0.29) is 19.4 Å². The Morgan fingerprint density at radius 2 is 0.878 bits per heavy atom. The normalized spacial score (nSPS) is 19.6. The molecule has 0 aromatic carbocycles. The van der Waals surface area contributed by atoms with Crippen molar-refractivity contribution in [2.45, 2.75) is 275 Å². The first-order valence-corrected chi connectivity index (χ1v) is 32.1. The Morgan fingerprint density at radius 3 is 1.32 bits per heavy atom. The van der Waals surface area contributed by atoms with Gasteiger partial charge in [0.15, 0.2) is 12.4 Å². The molecule has 0 saturated carbocycles. The number of allylic oxidation sites excluding steroid dienone is 23. The monoisotopic (exact) mass is 1140 g/mol. The van der Waals surface area contributed by atoms with Gasteiger partial charge in [-0.3, -0.25) is 9.59 Å². The van der Waals surface area contributed by atoms with Gasteiger partial charge in [0.05, 0.1) is 25.4 Å². The van der Waals surface area contributed by atoms with Crippen molar-refractivity contribution in [2.24, 2.45) is 0 Å². The Balaban J connectivity index is 2.72. The van der Waals surface area contributed by atoms with Crippen molar-refractivity contribution in [3.8, 4) is 0 Å². The van der Waals surface area contributed by atoms with Crippen LogP contribution in [0.15, 0.2) is 146 Å². The number of ether oxygens (including phenoxy) is 3. The van der Waals surface area contributed by atoms with Crippen LogP contribution in [-0.2, 0) is 23.8 Å². The van der Waals surface area contributed by atoms with E-state index < -0.39 is 67.4 Å². The van der Waals surface area contributed by atoms with Crippen molar-refractivity contribution in [1.29, 1.82) is 0 Å². The van der Waals surface area contributed by atoms with Crippen LogP contribution in [-0.4, -0.2) is 99.6 Å². The molecule has 8 atom stereocenters. The second-order valence-electron chi connectivity index (χ2n) is 21.4. The van der Waals surface area contributed by atoms with Gasteiger partial charge in [-0.15, -0.1) is 0 Å². The van der Waals surface area contributed by atoms with Crippen molar-refractivity contribution >= 4 is 11.9 Å². The van der Waals surface area contributed by atoms with Gasteiger partial charge in [0.25, 0.3) is 0 Å². The van der Waals surface area contributed by atoms with E-state index in [0.717, 1.165) is 128 Å². The van der Waals surface area contributed by atoms with Crippen molar-refractivity contribution in [3.63, 3.8) is 0 Å². The van der Waals surface area contributed by atoms with Crippen LogP contribution in [0.4, 0.5) is 0 Å². The molecule has 1 aliphatic heterocycles. The summed E-state index contributed by atoms with van der Waals surface area (Å²) in [6.45, 7) is 5.51. The molecule has 0 radical (unpaired) electrons. The number of aliphatic hydroxyl groups excluding tert-OH is 5. The van der Waals surface area contributed by atoms with Gasteiger partial charge in [0.1, 0.15) is 24.4 Å². The molecule has 464 valence electrons. The highest BCUT2D eigenvalue weighted by atomic mass is 16.7. The van der Waals surface area contributed by atoms with Gasteiger partial charge in [-0.25, -0.2) is 0 Å². The lowest BCUT2D eigenvalue weighted by molar-refractivity contribution is -0.305. The first kappa shape index (κ1) is 75.6. The molecule has 1 aliphatic rings. The topological polar surface area (TPSA) is 175 Å². The lowest BCUT2D eigenvalue weighted by Crippen LogP contribution is -2.61. The van der Waals surface area contributed by atoms with Crippen LogP contribution in [0.2, 0.25) is 0 Å². The zero-order valence-electron chi connectivity index (χ0n) is 51.3. The third kappa shape index (κ3) is 44.1. The predicted octanol–water partition coefficient (Wildman–Crippen LogP) is 15.8. The maximum Gasteiger partial charge on any atom is 0.306 e. The summed E-state index contributed by atoms with van der Waals surface area (Å²) in [5.41, 5.74) is 0. The Labute approximate surface area is 498 Å². The molecule has 82 heavy (non-hydrogen) atoms. The average molecular weight is 1140 g/mol. The smallest absolute Gasteiger partial charge is 0.306 e. The second-order valence-corrected chi connectivity index (χ2v) is 21.4. The number of carbonyl (C=O) groups is 2. The maximum atomic E-state index is 13.4. The minimum atomic E-state index is -1.64. The standard InChI is InChI=1S/C71H115NO10/c1-4-7-10-13-16-19-22-25-27-29-31-33-35-37-39-41-44-47-50-53-56-59-66(76)82-69-68(78)67(77)65(60-73)81-71(69)80-61-62(63(74)57-54-51-48-45-42-24-21-18-15-12-9-6-3)72-70(79)64(75)58-55-52-49-46-43-40-38-36-34-32-30-28-26-23-20-17-14-11-8-5-2/h7-8,10-11,16-17,19-20,25-28,31-34,37-40,46,49,54,57,62-65,67-69,71,73-75,77-78H,4-6,9,12-15,18,21-24,29-30,35-36,41-45,47-48,50-53,55-56,58-61H2,1-3H3,(H,72,79)/b10-7-,11-8-,19-16-,20-17-,27-25-,28-26-,33-31-,34-32-,39-37-,40-38-,49-46-,57-54+. The highest BCUT2D eigenvalue weighted by Gasteiger charge is 2.47. The summed E-state index contributed by atoms with van der Waals surface area (Å²) < 4.78 is 17.6. The Hall–Kier alpha value is -4.46. The molecule has 6 N–H and O–H groups in total. The molecule has 11 nitrogen and oxygen atoms in total. The molecule has 0 aliphatic carbocycles. The molecule has 0 aromatic heterocycles. The maximum absolute atomic E-state index is 13.4. The lowest BCUT2D eigenvalue weighted by atomic mass is 9.99. The molecule has 1 saturated heterocycles. The van der Waals surface area contributed by atoms with E-state index in [1.807, 2.05) is 12.2 Å². The molecule has 1 heterocycles. The minimum absolute atomic E-state index is 0.0868. The molecule has 1 fully saturated rings. The average Bonchev–Trinajstić information content (AvgIpc) is 3.66. The van der Waals surface area contributed by atoms with E-state index in [4.69, 9.17) is 14.2 Å². The second kappa shape index (κ2) is 57.0. The Kier molecular flexibility index (Phi) is 52.5. The number of carbonyl (C=O) groups excluding carboxylic acids is 2. The van der Waals surface area contributed by atoms with Crippen LogP contribution in [0.25, 0.3) is 0 Å². The number of amides is 1. The van der Waals surface area contributed by atoms with Gasteiger partial charge >= 0.3 is 5.97 Å². The number of hydrogen-bond donors (Lipinski definition) is 6. The molecule has 1 rings (SSSR count). The molecule has 1 amide bonds. The van der Waals surface area contributed by atoms with Crippen LogP contribution in [0.5, 0.6) is 0 Å². The molecule has 0 spiro atoms. The summed E-state index contributed by atoms with van der Waals surface area (Å²) in [7, 11) is 0. The first-order valence-electron chi connectivity index (χ1n) is 32.1. The van der Waals surface area contributed by atoms with Gasteiger partial charge in [-0.2, -0.15) is 0 Å². The lowest BCUT2D eigenvalue weighted by Gasteiger charge is -2.41. The third-order valence-corrected chi connectivity index (χ3v) is 14.0. The van der Waals surface area contributed by atoms with E-state index in [9.17, 15) is 35.1 Å². The largest absolute Gasteiger partial charge is 0.454 e. The van der Waals surface area contributed by atoms with Gasteiger partial charge in [0.2, 0.25) is 5.91 Å². The zero-order chi connectivity index (χ0) is 59.6. The predicted molar refractivity (Wildman–Crippen MR) is 342 cm³/mol. The minimum Gasteiger partial charge on any atom is -0.454 e. The summed E-state index contributed by atoms with van der Waals surface area (Å²) >= 11 is 0. The van der Waals surface area contributed by atoms with Gasteiger partial charge in [-0.05, 0) is 122 Å². The molecular weight excluding hydrogens is 1030 g/mol. The van der Waals surface area contributed by atoms with Crippen molar-refractivity contribution in [3.05, 3.63) is 146 Å². The van der Waals surface area contributed by atoms with Crippen LogP contribution in [0, 0.1) is 0 Å². The Bertz CT molecular complexity index is 1890. The number of esters is 1. The van der Waals surface area contributed by atoms with E-state index >= 15 is 0 Å². The number of aliphatic hydroxyl groups is 5. The van der Waals surface area contributed by atoms with Crippen LogP contribution >= 0.6 is 0 Å². The summed E-state index contributed by atoms with van der Waals surface area (Å²) in [6, 6.07) is -1.06. The quantitative estimate of drug-likeness (QED) is 0.0195. The Morgan fingerprint density at radius 1 is 0.488 bits per heavy atom. The number of rotatable bonds is 52. The summed E-state index contributed by atoms with van der Waals surface area (Å²) in [6.07, 6.45) is 71.6.